The van der Waals surface area contributed by atoms with E-state index in [2.05, 4.69) is 0 Å². The van der Waals surface area contributed by atoms with Crippen LogP contribution in [0.25, 0.3) is 0 Å². The van der Waals surface area contributed by atoms with Crippen molar-refractivity contribution in [2.75, 3.05) is 0 Å². The Morgan fingerprint density at radius 2 is 1.47 bits per heavy atom. The minimum absolute atomic E-state index is 0.203. The molecule has 3 heteroatoms. The van der Waals surface area contributed by atoms with Gasteiger partial charge in [0, 0.05) is 6.42 Å². The summed E-state index contributed by atoms with van der Waals surface area (Å²) in [6.45, 7) is 0. The summed E-state index contributed by atoms with van der Waals surface area (Å²) in [5, 5.41) is 10.7. The molecule has 0 aromatic heterocycles. The van der Waals surface area contributed by atoms with E-state index in [1.165, 1.54) is 32.1 Å². The third-order valence-electron chi connectivity index (χ3n) is 3.00. The molecule has 1 aliphatic carbocycles. The second-order valence-electron chi connectivity index (χ2n) is 4.32. The van der Waals surface area contributed by atoms with Gasteiger partial charge in [0.2, 0.25) is 5.70 Å². The van der Waals surface area contributed by atoms with Gasteiger partial charge in [0.25, 0.3) is 0 Å². The van der Waals surface area contributed by atoms with Crippen LogP contribution < -0.4 is 0 Å². The maximum atomic E-state index is 10.7. The fourth-order valence-corrected chi connectivity index (χ4v) is 2.05. The number of nitrogens with zero attached hydrogens (tertiary/aromatic N) is 1. The van der Waals surface area contributed by atoms with Gasteiger partial charge in [-0.1, -0.05) is 38.5 Å². The van der Waals surface area contributed by atoms with E-state index in [0.717, 1.165) is 25.7 Å². The summed E-state index contributed by atoms with van der Waals surface area (Å²) in [6, 6.07) is 0. The Balaban J connectivity index is 2.42. The highest BCUT2D eigenvalue weighted by atomic mass is 16.6. The lowest BCUT2D eigenvalue weighted by atomic mass is 10.0. The van der Waals surface area contributed by atoms with Crippen LogP contribution in [0.5, 0.6) is 0 Å². The normalized spacial score (nSPS) is 20.9. The monoisotopic (exact) mass is 211 g/mol. The third-order valence-corrected chi connectivity index (χ3v) is 3.00. The first-order valence-corrected chi connectivity index (χ1v) is 6.14. The summed E-state index contributed by atoms with van der Waals surface area (Å²) in [5.74, 6) is 0. The highest BCUT2D eigenvalue weighted by Gasteiger charge is 2.09. The van der Waals surface area contributed by atoms with Gasteiger partial charge in [-0.25, -0.2) is 0 Å². The Kier molecular flexibility index (Phi) is 6.05. The summed E-state index contributed by atoms with van der Waals surface area (Å²) in [5.41, 5.74) is 0.440. The molecule has 3 nitrogen and oxygen atoms in total. The smallest absolute Gasteiger partial charge is 0.242 e. The lowest BCUT2D eigenvalue weighted by Crippen LogP contribution is -1.99. The van der Waals surface area contributed by atoms with Crippen molar-refractivity contribution in [3.63, 3.8) is 0 Å². The van der Waals surface area contributed by atoms with Crippen LogP contribution >= 0.6 is 0 Å². The minimum atomic E-state index is -0.203. The van der Waals surface area contributed by atoms with Crippen LogP contribution in [-0.2, 0) is 0 Å². The zero-order valence-corrected chi connectivity index (χ0v) is 9.41. The molecule has 0 radical (unpaired) electrons. The molecular weight excluding hydrogens is 190 g/mol. The molecule has 0 amide bonds. The average molecular weight is 211 g/mol. The third kappa shape index (κ3) is 5.55. The van der Waals surface area contributed by atoms with E-state index in [1.54, 1.807) is 0 Å². The van der Waals surface area contributed by atoms with Crippen LogP contribution in [0.4, 0.5) is 0 Å². The molecule has 0 unspecified atom stereocenters. The van der Waals surface area contributed by atoms with Gasteiger partial charge in [-0.15, -0.1) is 0 Å². The molecule has 86 valence electrons. The predicted octanol–water partition coefficient (Wildman–Crippen LogP) is 4.06. The molecule has 1 rings (SSSR count). The van der Waals surface area contributed by atoms with Crippen LogP contribution in [-0.4, -0.2) is 4.92 Å². The highest BCUT2D eigenvalue weighted by Crippen LogP contribution is 2.16. The van der Waals surface area contributed by atoms with Crippen molar-refractivity contribution in [1.29, 1.82) is 0 Å². The van der Waals surface area contributed by atoms with Gasteiger partial charge in [0.05, 0.1) is 4.92 Å². The standard InChI is InChI=1S/C12H21NO2/c14-13(15)12-10-8-6-4-2-1-3-5-7-9-11-12/h10H,1-9,11H2. The van der Waals surface area contributed by atoms with Crippen molar-refractivity contribution in [3.8, 4) is 0 Å². The minimum Gasteiger partial charge on any atom is -0.259 e. The zero-order valence-electron chi connectivity index (χ0n) is 9.41. The summed E-state index contributed by atoms with van der Waals surface area (Å²) < 4.78 is 0. The molecule has 0 heterocycles. The zero-order chi connectivity index (χ0) is 10.9. The van der Waals surface area contributed by atoms with E-state index in [4.69, 9.17) is 0 Å². The topological polar surface area (TPSA) is 43.1 Å². The van der Waals surface area contributed by atoms with E-state index in [9.17, 15) is 10.1 Å². The first kappa shape index (κ1) is 12.2. The van der Waals surface area contributed by atoms with Gasteiger partial charge in [-0.3, -0.25) is 10.1 Å². The number of nitro groups is 1. The average Bonchev–Trinajstić information content (AvgIpc) is 2.18. The van der Waals surface area contributed by atoms with Crippen molar-refractivity contribution in [2.24, 2.45) is 0 Å². The molecule has 1 aliphatic rings. The maximum absolute atomic E-state index is 10.7. The summed E-state index contributed by atoms with van der Waals surface area (Å²) in [4.78, 5) is 10.5. The Morgan fingerprint density at radius 3 is 2.07 bits per heavy atom. The fraction of sp³-hybridized carbons (Fsp3) is 0.833. The Labute approximate surface area is 91.7 Å². The van der Waals surface area contributed by atoms with Gasteiger partial charge in [-0.2, -0.15) is 0 Å². The van der Waals surface area contributed by atoms with Crippen LogP contribution in [0, 0.1) is 10.1 Å². The number of rotatable bonds is 1. The van der Waals surface area contributed by atoms with Crippen molar-refractivity contribution in [3.05, 3.63) is 21.9 Å². The van der Waals surface area contributed by atoms with Gasteiger partial charge < -0.3 is 0 Å². The second-order valence-corrected chi connectivity index (χ2v) is 4.32. The largest absolute Gasteiger partial charge is 0.259 e. The van der Waals surface area contributed by atoms with E-state index >= 15 is 0 Å². The van der Waals surface area contributed by atoms with Gasteiger partial charge >= 0.3 is 0 Å². The summed E-state index contributed by atoms with van der Waals surface area (Å²) in [6.07, 6.45) is 13.0. The lowest BCUT2D eigenvalue weighted by molar-refractivity contribution is -0.428. The SMILES string of the molecule is O=[N+]([O-])C1=CCCCCCCCCCC1. The van der Waals surface area contributed by atoms with Gasteiger partial charge in [-0.05, 0) is 25.3 Å². The molecule has 0 fully saturated rings. The first-order chi connectivity index (χ1) is 7.30. The quantitative estimate of drug-likeness (QED) is 0.485. The summed E-state index contributed by atoms with van der Waals surface area (Å²) >= 11 is 0. The highest BCUT2D eigenvalue weighted by molar-refractivity contribution is 4.91. The Hall–Kier alpha value is -0.860. The van der Waals surface area contributed by atoms with Crippen LogP contribution in [0.15, 0.2) is 11.8 Å². The van der Waals surface area contributed by atoms with Crippen molar-refractivity contribution < 1.29 is 4.92 Å². The number of allylic oxidation sites excluding steroid dienone is 2. The summed E-state index contributed by atoms with van der Waals surface area (Å²) in [7, 11) is 0. The van der Waals surface area contributed by atoms with E-state index in [-0.39, 0.29) is 4.92 Å². The van der Waals surface area contributed by atoms with Crippen LogP contribution in [0.3, 0.4) is 0 Å². The second kappa shape index (κ2) is 7.43. The molecule has 15 heavy (non-hydrogen) atoms. The number of hydrogen-bond donors (Lipinski definition) is 0. The van der Waals surface area contributed by atoms with Crippen LogP contribution in [0.1, 0.15) is 64.2 Å². The fourth-order valence-electron chi connectivity index (χ4n) is 2.05. The van der Waals surface area contributed by atoms with Crippen molar-refractivity contribution >= 4 is 0 Å². The predicted molar refractivity (Wildman–Crippen MR) is 61.2 cm³/mol. The molecule has 0 bridgehead atoms. The molecule has 0 saturated heterocycles. The Bertz CT molecular complexity index is 224. The molecule has 0 atom stereocenters. The molecule has 0 aromatic carbocycles. The molecule has 0 saturated carbocycles. The van der Waals surface area contributed by atoms with Gasteiger partial charge in [0.15, 0.2) is 0 Å². The van der Waals surface area contributed by atoms with E-state index in [0.29, 0.717) is 12.1 Å². The molecule has 0 N–H and O–H groups in total. The maximum Gasteiger partial charge on any atom is 0.242 e. The van der Waals surface area contributed by atoms with Crippen LogP contribution in [0.2, 0.25) is 0 Å². The van der Waals surface area contributed by atoms with Crippen molar-refractivity contribution in [2.45, 2.75) is 64.2 Å². The molecule has 0 aliphatic heterocycles. The Morgan fingerprint density at radius 1 is 0.933 bits per heavy atom. The van der Waals surface area contributed by atoms with Crippen molar-refractivity contribution in [1.82, 2.24) is 0 Å². The van der Waals surface area contributed by atoms with E-state index in [1.807, 2.05) is 6.08 Å². The molecule has 0 spiro atoms. The van der Waals surface area contributed by atoms with E-state index < -0.39 is 0 Å². The van der Waals surface area contributed by atoms with Gasteiger partial charge in [0.1, 0.15) is 0 Å². The molecule has 0 aromatic rings. The molecular formula is C12H21NO2. The first-order valence-electron chi connectivity index (χ1n) is 6.14. The number of hydrogen-bond acceptors (Lipinski definition) is 2. The lowest BCUT2D eigenvalue weighted by Gasteiger charge is -2.04.